The second kappa shape index (κ2) is 10.4. The highest BCUT2D eigenvalue weighted by atomic mass is 32.1. The van der Waals surface area contributed by atoms with Gasteiger partial charge in [0.05, 0.1) is 36.1 Å². The molecule has 0 bridgehead atoms. The lowest BCUT2D eigenvalue weighted by Gasteiger charge is -2.30. The van der Waals surface area contributed by atoms with Crippen LogP contribution >= 0.6 is 11.3 Å². The number of nitrogens with zero attached hydrogens (tertiary/aromatic N) is 1. The minimum atomic E-state index is -0.674. The summed E-state index contributed by atoms with van der Waals surface area (Å²) >= 11 is 0.951. The smallest absolute Gasteiger partial charge is 0.341 e. The number of ether oxygens (including phenoxy) is 2. The van der Waals surface area contributed by atoms with E-state index in [-0.39, 0.29) is 46.4 Å². The van der Waals surface area contributed by atoms with Crippen molar-refractivity contribution in [1.29, 1.82) is 0 Å². The monoisotopic (exact) mass is 425 g/mol. The highest BCUT2D eigenvalue weighted by molar-refractivity contribution is 7.18. The van der Waals surface area contributed by atoms with Gasteiger partial charge < -0.3 is 20.5 Å². The Hall–Kier alpha value is -2.46. The van der Waals surface area contributed by atoms with E-state index in [2.05, 4.69) is 5.32 Å². The number of carbonyl (C=O) groups excluding carboxylic acids is 4. The van der Waals surface area contributed by atoms with E-state index in [1.807, 2.05) is 4.90 Å². The Kier molecular flexibility index (Phi) is 8.15. The number of piperidine rings is 1. The summed E-state index contributed by atoms with van der Waals surface area (Å²) < 4.78 is 10.1. The van der Waals surface area contributed by atoms with E-state index in [1.165, 1.54) is 0 Å². The Labute approximate surface area is 173 Å². The molecule has 0 radical (unpaired) electrons. The fourth-order valence-corrected chi connectivity index (χ4v) is 4.37. The minimum Gasteiger partial charge on any atom is -0.466 e. The van der Waals surface area contributed by atoms with Gasteiger partial charge in [-0.2, -0.15) is 0 Å². The molecule has 2 rings (SSSR count). The van der Waals surface area contributed by atoms with Crippen LogP contribution in [0.2, 0.25) is 0 Å². The number of thiophene rings is 1. The zero-order chi connectivity index (χ0) is 21.6. The fourth-order valence-electron chi connectivity index (χ4n) is 3.31. The summed E-state index contributed by atoms with van der Waals surface area (Å²) in [6.07, 6.45) is 1.52. The van der Waals surface area contributed by atoms with Crippen LogP contribution in [0.15, 0.2) is 0 Å². The first kappa shape index (κ1) is 22.8. The van der Waals surface area contributed by atoms with Gasteiger partial charge in [-0.1, -0.05) is 0 Å². The van der Waals surface area contributed by atoms with Crippen molar-refractivity contribution >= 4 is 40.1 Å². The summed E-state index contributed by atoms with van der Waals surface area (Å²) in [6, 6.07) is 0. The molecule has 1 aliphatic heterocycles. The van der Waals surface area contributed by atoms with E-state index in [9.17, 15) is 19.2 Å². The molecule has 1 unspecified atom stereocenters. The van der Waals surface area contributed by atoms with Gasteiger partial charge in [0, 0.05) is 6.54 Å². The average Bonchev–Trinajstić information content (AvgIpc) is 2.98. The number of anilines is 1. The Morgan fingerprint density at radius 3 is 2.52 bits per heavy atom. The quantitative estimate of drug-likeness (QED) is 0.605. The van der Waals surface area contributed by atoms with Crippen LogP contribution in [-0.4, -0.2) is 61.5 Å². The SMILES string of the molecule is CCOC(=O)c1c(NC(=O)CN2CCCC(C(=O)OCC)C2)sc(C(N)=O)c1C. The third-order valence-electron chi connectivity index (χ3n) is 4.60. The van der Waals surface area contributed by atoms with Crippen molar-refractivity contribution in [2.45, 2.75) is 33.6 Å². The van der Waals surface area contributed by atoms with Crippen molar-refractivity contribution in [3.8, 4) is 0 Å². The number of nitrogens with two attached hydrogens (primary N) is 1. The van der Waals surface area contributed by atoms with Crippen molar-refractivity contribution in [3.05, 3.63) is 16.0 Å². The first-order valence-electron chi connectivity index (χ1n) is 9.57. The van der Waals surface area contributed by atoms with Crippen LogP contribution in [-0.2, 0) is 19.1 Å². The molecule has 1 saturated heterocycles. The lowest BCUT2D eigenvalue weighted by Crippen LogP contribution is -2.43. The van der Waals surface area contributed by atoms with Gasteiger partial charge >= 0.3 is 11.9 Å². The van der Waals surface area contributed by atoms with E-state index in [0.29, 0.717) is 25.3 Å². The summed E-state index contributed by atoms with van der Waals surface area (Å²) in [5.74, 6) is -2.15. The summed E-state index contributed by atoms with van der Waals surface area (Å²) in [5.41, 5.74) is 5.90. The molecular weight excluding hydrogens is 398 g/mol. The first-order chi connectivity index (χ1) is 13.8. The van der Waals surface area contributed by atoms with E-state index in [0.717, 1.165) is 24.2 Å². The number of hydrogen-bond donors (Lipinski definition) is 2. The van der Waals surface area contributed by atoms with Crippen LogP contribution in [0, 0.1) is 12.8 Å². The van der Waals surface area contributed by atoms with Gasteiger partial charge in [-0.25, -0.2) is 4.79 Å². The third kappa shape index (κ3) is 5.77. The molecule has 0 aromatic carbocycles. The molecule has 1 aromatic heterocycles. The number of likely N-dealkylation sites (tertiary alicyclic amines) is 1. The molecular formula is C19H27N3O6S. The topological polar surface area (TPSA) is 128 Å². The van der Waals surface area contributed by atoms with Gasteiger partial charge in [-0.3, -0.25) is 19.3 Å². The molecule has 1 atom stereocenters. The van der Waals surface area contributed by atoms with Crippen LogP contribution in [0.25, 0.3) is 0 Å². The van der Waals surface area contributed by atoms with E-state index in [1.54, 1.807) is 20.8 Å². The second-order valence-electron chi connectivity index (χ2n) is 6.72. The van der Waals surface area contributed by atoms with Crippen LogP contribution in [0.4, 0.5) is 5.00 Å². The summed E-state index contributed by atoms with van der Waals surface area (Å²) in [7, 11) is 0. The summed E-state index contributed by atoms with van der Waals surface area (Å²) in [4.78, 5) is 50.5. The molecule has 3 N–H and O–H groups in total. The Morgan fingerprint density at radius 1 is 1.21 bits per heavy atom. The third-order valence-corrected chi connectivity index (χ3v) is 5.82. The van der Waals surface area contributed by atoms with Crippen molar-refractivity contribution in [2.24, 2.45) is 11.7 Å². The molecule has 1 aromatic rings. The number of esters is 2. The second-order valence-corrected chi connectivity index (χ2v) is 7.74. The van der Waals surface area contributed by atoms with Gasteiger partial charge in [-0.05, 0) is 45.7 Å². The van der Waals surface area contributed by atoms with E-state index in [4.69, 9.17) is 15.2 Å². The Bertz CT molecular complexity index is 791. The van der Waals surface area contributed by atoms with Crippen molar-refractivity contribution in [1.82, 2.24) is 4.90 Å². The highest BCUT2D eigenvalue weighted by Gasteiger charge is 2.29. The predicted molar refractivity (Wildman–Crippen MR) is 108 cm³/mol. The van der Waals surface area contributed by atoms with E-state index >= 15 is 0 Å². The van der Waals surface area contributed by atoms with Crippen molar-refractivity contribution < 1.29 is 28.7 Å². The number of primary amides is 1. The number of hydrogen-bond acceptors (Lipinski definition) is 8. The number of rotatable bonds is 8. The molecule has 1 fully saturated rings. The normalized spacial score (nSPS) is 16.9. The Morgan fingerprint density at radius 2 is 1.90 bits per heavy atom. The lowest BCUT2D eigenvalue weighted by molar-refractivity contribution is -0.150. The van der Waals surface area contributed by atoms with Crippen LogP contribution < -0.4 is 11.1 Å². The average molecular weight is 426 g/mol. The van der Waals surface area contributed by atoms with Gasteiger partial charge in [-0.15, -0.1) is 11.3 Å². The zero-order valence-corrected chi connectivity index (χ0v) is 17.7. The minimum absolute atomic E-state index is 0.0566. The van der Waals surface area contributed by atoms with Crippen LogP contribution in [0.1, 0.15) is 52.3 Å². The number of carbonyl (C=O) groups is 4. The van der Waals surface area contributed by atoms with Crippen LogP contribution in [0.3, 0.4) is 0 Å². The Balaban J connectivity index is 2.10. The van der Waals surface area contributed by atoms with Crippen LogP contribution in [0.5, 0.6) is 0 Å². The first-order valence-corrected chi connectivity index (χ1v) is 10.4. The van der Waals surface area contributed by atoms with Gasteiger partial charge in [0.25, 0.3) is 5.91 Å². The maximum Gasteiger partial charge on any atom is 0.341 e. The molecule has 0 saturated carbocycles. The maximum absolute atomic E-state index is 12.6. The largest absolute Gasteiger partial charge is 0.466 e. The molecule has 160 valence electrons. The number of amides is 2. The van der Waals surface area contributed by atoms with Crippen molar-refractivity contribution in [2.75, 3.05) is 38.2 Å². The number of nitrogens with one attached hydrogen (secondary N) is 1. The maximum atomic E-state index is 12.6. The molecule has 1 aliphatic rings. The van der Waals surface area contributed by atoms with E-state index < -0.39 is 11.9 Å². The zero-order valence-electron chi connectivity index (χ0n) is 16.9. The molecule has 2 heterocycles. The van der Waals surface area contributed by atoms with Crippen molar-refractivity contribution in [3.63, 3.8) is 0 Å². The summed E-state index contributed by atoms with van der Waals surface area (Å²) in [5, 5.41) is 2.93. The highest BCUT2D eigenvalue weighted by Crippen LogP contribution is 2.33. The molecule has 10 heteroatoms. The molecule has 0 aliphatic carbocycles. The fraction of sp³-hybridized carbons (Fsp3) is 0.579. The summed E-state index contributed by atoms with van der Waals surface area (Å²) in [6.45, 7) is 6.69. The molecule has 0 spiro atoms. The lowest BCUT2D eigenvalue weighted by atomic mass is 9.98. The molecule has 2 amide bonds. The van der Waals surface area contributed by atoms with Gasteiger partial charge in [0.2, 0.25) is 5.91 Å². The van der Waals surface area contributed by atoms with Gasteiger partial charge in [0.1, 0.15) is 5.00 Å². The molecule has 29 heavy (non-hydrogen) atoms. The standard InChI is InChI=1S/C19H27N3O6S/c1-4-27-18(25)12-7-6-8-22(9-12)10-13(23)21-17-14(19(26)28-5-2)11(3)15(29-17)16(20)24/h12H,4-10H2,1-3H3,(H2,20,24)(H,21,23). The van der Waals surface area contributed by atoms with Gasteiger partial charge in [0.15, 0.2) is 0 Å². The molecule has 9 nitrogen and oxygen atoms in total. The predicted octanol–water partition coefficient (Wildman–Crippen LogP) is 1.55.